The number of nitrogens with one attached hydrogen (secondary N) is 1. The summed E-state index contributed by atoms with van der Waals surface area (Å²) in [5.41, 5.74) is 0.652. The maximum atomic E-state index is 13.8. The Morgan fingerprint density at radius 1 is 1.17 bits per heavy atom. The highest BCUT2D eigenvalue weighted by Gasteiger charge is 2.56. The van der Waals surface area contributed by atoms with Crippen molar-refractivity contribution in [2.24, 2.45) is 0 Å². The summed E-state index contributed by atoms with van der Waals surface area (Å²) in [6, 6.07) is 7.74. The molecule has 0 bridgehead atoms. The lowest BCUT2D eigenvalue weighted by Crippen LogP contribution is -2.41. The number of nitrogens with zero attached hydrogens (tertiary/aromatic N) is 2. The number of imidazole rings is 1. The molecule has 1 aliphatic carbocycles. The van der Waals surface area contributed by atoms with Gasteiger partial charge in [-0.15, -0.1) is 0 Å². The summed E-state index contributed by atoms with van der Waals surface area (Å²) in [5, 5.41) is 24.5. The number of benzene rings is 2. The predicted molar refractivity (Wildman–Crippen MR) is 131 cm³/mol. The number of carbonyl (C=O) groups excluding carboxylic acids is 3. The van der Waals surface area contributed by atoms with Crippen LogP contribution in [0.2, 0.25) is 0 Å². The zero-order valence-corrected chi connectivity index (χ0v) is 20.3. The average Bonchev–Trinajstić information content (AvgIpc) is 3.37. The van der Waals surface area contributed by atoms with E-state index in [2.05, 4.69) is 10.3 Å². The largest absolute Gasteiger partial charge is 0.507 e. The lowest BCUT2D eigenvalue weighted by Gasteiger charge is -2.29. The highest BCUT2D eigenvalue weighted by atomic mass is 16.5. The van der Waals surface area contributed by atoms with Crippen LogP contribution in [-0.2, 0) is 21.5 Å². The lowest BCUT2D eigenvalue weighted by molar-refractivity contribution is -0.123. The lowest BCUT2D eigenvalue weighted by atomic mass is 9.70. The maximum Gasteiger partial charge on any atom is 0.194 e. The van der Waals surface area contributed by atoms with Gasteiger partial charge in [-0.25, -0.2) is 4.98 Å². The number of phenolic OH excluding ortho intramolecular Hbond substituents is 2. The Labute approximate surface area is 206 Å². The molecule has 5 rings (SSSR count). The number of allylic oxidation sites excluding steroid dienone is 4. The molecule has 2 aliphatic rings. The fourth-order valence-electron chi connectivity index (χ4n) is 5.00. The summed E-state index contributed by atoms with van der Waals surface area (Å²) in [4.78, 5) is 43.5. The number of hydrogen-bond acceptors (Lipinski definition) is 8. The molecule has 1 aromatic heterocycles. The maximum absolute atomic E-state index is 13.8. The van der Waals surface area contributed by atoms with Gasteiger partial charge in [-0.2, -0.15) is 0 Å². The van der Waals surface area contributed by atoms with Gasteiger partial charge in [0.2, 0.25) is 0 Å². The van der Waals surface area contributed by atoms with E-state index in [9.17, 15) is 24.6 Å². The van der Waals surface area contributed by atoms with E-state index in [-0.39, 0.29) is 39.5 Å². The minimum atomic E-state index is -1.53. The van der Waals surface area contributed by atoms with E-state index < -0.39 is 28.5 Å². The number of hydrogen-bond donors (Lipinski definition) is 3. The third kappa shape index (κ3) is 3.16. The van der Waals surface area contributed by atoms with Crippen molar-refractivity contribution in [3.05, 3.63) is 70.4 Å². The van der Waals surface area contributed by atoms with Gasteiger partial charge >= 0.3 is 0 Å². The minimum absolute atomic E-state index is 0.0109. The van der Waals surface area contributed by atoms with Crippen LogP contribution in [0.4, 0.5) is 0 Å². The fraction of sp³-hybridized carbons (Fsp3) is 0.259. The van der Waals surface area contributed by atoms with Crippen LogP contribution < -0.4 is 10.1 Å². The van der Waals surface area contributed by atoms with Gasteiger partial charge in [0.25, 0.3) is 0 Å². The standard InChI is InChI=1S/C27H25N3O6/c1-13-23(33)21(15(3)31)25-22(24(13)34)27(4)19(36-25)11-18(32)20(26(27)35)14(2)28-9-10-30-12-29-16-7-5-6-8-17(16)30/h5-8,11-12,28,33-34H,9-10H2,1-4H3/t27-/m0/s1. The van der Waals surface area contributed by atoms with Crippen molar-refractivity contribution in [1.82, 2.24) is 14.9 Å². The molecule has 2 aromatic carbocycles. The predicted octanol–water partition coefficient (Wildman–Crippen LogP) is 3.21. The number of Topliss-reactive ketones (excluding diaryl/α,β-unsaturated/α-hetero) is 2. The Balaban J connectivity index is 1.51. The first-order valence-corrected chi connectivity index (χ1v) is 11.5. The van der Waals surface area contributed by atoms with Crippen molar-refractivity contribution < 1.29 is 29.3 Å². The summed E-state index contributed by atoms with van der Waals surface area (Å²) in [5.74, 6) is -2.44. The molecule has 0 radical (unpaired) electrons. The van der Waals surface area contributed by atoms with Crippen molar-refractivity contribution in [1.29, 1.82) is 0 Å². The molecule has 0 fully saturated rings. The van der Waals surface area contributed by atoms with E-state index >= 15 is 0 Å². The molecule has 1 aliphatic heterocycles. The number of aromatic hydroxyl groups is 2. The molecule has 3 N–H and O–H groups in total. The van der Waals surface area contributed by atoms with E-state index in [4.69, 9.17) is 4.74 Å². The van der Waals surface area contributed by atoms with Gasteiger partial charge in [0.05, 0.1) is 28.5 Å². The summed E-state index contributed by atoms with van der Waals surface area (Å²) in [7, 11) is 0. The van der Waals surface area contributed by atoms with Gasteiger partial charge in [0.15, 0.2) is 17.3 Å². The van der Waals surface area contributed by atoms with Gasteiger partial charge in [0.1, 0.15) is 34.0 Å². The number of fused-ring (bicyclic) bond motifs is 4. The highest BCUT2D eigenvalue weighted by Crippen LogP contribution is 2.57. The van der Waals surface area contributed by atoms with Crippen LogP contribution in [0.1, 0.15) is 42.3 Å². The zero-order valence-electron chi connectivity index (χ0n) is 20.3. The molecule has 184 valence electrons. The van der Waals surface area contributed by atoms with Crippen molar-refractivity contribution in [3.8, 4) is 17.2 Å². The van der Waals surface area contributed by atoms with Crippen LogP contribution in [0.25, 0.3) is 11.0 Å². The minimum Gasteiger partial charge on any atom is -0.507 e. The third-order valence-electron chi connectivity index (χ3n) is 7.03. The number of phenols is 2. The van der Waals surface area contributed by atoms with E-state index in [0.717, 1.165) is 11.0 Å². The molecule has 9 heteroatoms. The molecule has 3 aromatic rings. The number of para-hydroxylation sites is 2. The van der Waals surface area contributed by atoms with Crippen LogP contribution in [0.3, 0.4) is 0 Å². The monoisotopic (exact) mass is 487 g/mol. The smallest absolute Gasteiger partial charge is 0.194 e. The molecule has 1 atom stereocenters. The summed E-state index contributed by atoms with van der Waals surface area (Å²) in [6.45, 7) is 6.89. The van der Waals surface area contributed by atoms with E-state index in [1.165, 1.54) is 19.9 Å². The molecule has 9 nitrogen and oxygen atoms in total. The second-order valence-electron chi connectivity index (χ2n) is 9.24. The zero-order chi connectivity index (χ0) is 25.9. The van der Waals surface area contributed by atoms with Gasteiger partial charge in [-0.1, -0.05) is 12.1 Å². The Morgan fingerprint density at radius 2 is 1.89 bits per heavy atom. The summed E-state index contributed by atoms with van der Waals surface area (Å²) < 4.78 is 7.76. The Hall–Kier alpha value is -4.40. The molecule has 0 unspecified atom stereocenters. The van der Waals surface area contributed by atoms with Crippen molar-refractivity contribution >= 4 is 28.4 Å². The topological polar surface area (TPSA) is 131 Å². The first-order chi connectivity index (χ1) is 17.1. The van der Waals surface area contributed by atoms with Crippen LogP contribution in [0.5, 0.6) is 17.2 Å². The molecular weight excluding hydrogens is 462 g/mol. The number of carbonyl (C=O) groups is 3. The second kappa shape index (κ2) is 8.08. The highest BCUT2D eigenvalue weighted by molar-refractivity contribution is 6.31. The van der Waals surface area contributed by atoms with E-state index in [1.807, 2.05) is 28.8 Å². The molecule has 0 amide bonds. The van der Waals surface area contributed by atoms with Gasteiger partial charge in [0, 0.05) is 30.4 Å². The van der Waals surface area contributed by atoms with Crippen LogP contribution in [0, 0.1) is 6.92 Å². The Kier molecular flexibility index (Phi) is 5.24. The molecule has 0 saturated carbocycles. The number of ketones is 3. The van der Waals surface area contributed by atoms with Crippen molar-refractivity contribution in [3.63, 3.8) is 0 Å². The second-order valence-corrected chi connectivity index (χ2v) is 9.24. The van der Waals surface area contributed by atoms with E-state index in [1.54, 1.807) is 20.2 Å². The first-order valence-electron chi connectivity index (χ1n) is 11.5. The average molecular weight is 488 g/mol. The Bertz CT molecular complexity index is 1560. The normalized spacial score (nSPS) is 20.1. The van der Waals surface area contributed by atoms with Crippen LogP contribution in [-0.4, -0.2) is 43.7 Å². The number of rotatable bonds is 5. The quantitative estimate of drug-likeness (QED) is 0.284. The summed E-state index contributed by atoms with van der Waals surface area (Å²) in [6.07, 6.45) is 2.95. The SMILES string of the molecule is CC(=O)c1c(O)c(C)c(O)c2c1OC1=CC(=O)C(=C(C)NCCn3cnc4ccccc43)C(=O)[C@@]12C. The van der Waals surface area contributed by atoms with Crippen molar-refractivity contribution in [2.45, 2.75) is 39.7 Å². The molecule has 0 saturated heterocycles. The molecule has 0 spiro atoms. The van der Waals surface area contributed by atoms with Gasteiger partial charge in [-0.05, 0) is 39.8 Å². The molecular formula is C27H25N3O6. The van der Waals surface area contributed by atoms with Gasteiger partial charge in [-0.3, -0.25) is 14.4 Å². The number of aromatic nitrogens is 2. The van der Waals surface area contributed by atoms with Crippen LogP contribution >= 0.6 is 0 Å². The summed E-state index contributed by atoms with van der Waals surface area (Å²) >= 11 is 0. The van der Waals surface area contributed by atoms with Gasteiger partial charge < -0.3 is 24.8 Å². The number of ether oxygens (including phenoxy) is 1. The fourth-order valence-corrected chi connectivity index (χ4v) is 5.00. The molecule has 36 heavy (non-hydrogen) atoms. The first kappa shape index (κ1) is 23.3. The van der Waals surface area contributed by atoms with E-state index in [0.29, 0.717) is 18.8 Å². The molecule has 2 heterocycles. The Morgan fingerprint density at radius 3 is 2.61 bits per heavy atom. The van der Waals surface area contributed by atoms with Crippen molar-refractivity contribution in [2.75, 3.05) is 6.54 Å². The third-order valence-corrected chi connectivity index (χ3v) is 7.03. The van der Waals surface area contributed by atoms with Crippen LogP contribution in [0.15, 0.2) is 53.7 Å².